The van der Waals surface area contributed by atoms with E-state index >= 15 is 0 Å². The third-order valence-electron chi connectivity index (χ3n) is 4.18. The number of benzene rings is 2. The van der Waals surface area contributed by atoms with Crippen LogP contribution in [-0.4, -0.2) is 19.6 Å². The van der Waals surface area contributed by atoms with E-state index in [1.54, 1.807) is 0 Å². The van der Waals surface area contributed by atoms with Crippen molar-refractivity contribution >= 4 is 11.6 Å². The molecule has 1 atom stereocenters. The molecule has 0 aliphatic carbocycles. The first-order chi connectivity index (χ1) is 10.2. The fourth-order valence-electron chi connectivity index (χ4n) is 3.13. The molecule has 1 N–H and O–H groups in total. The predicted molar refractivity (Wildman–Crippen MR) is 74.3 cm³/mol. The van der Waals surface area contributed by atoms with Crippen LogP contribution in [0.3, 0.4) is 0 Å². The van der Waals surface area contributed by atoms with Crippen molar-refractivity contribution in [2.75, 3.05) is 19.0 Å². The molecule has 0 fully saturated rings. The molecular weight excluding hydrogens is 273 g/mol. The fraction of sp³-hybridized carbons (Fsp3) is 0.188. The highest BCUT2D eigenvalue weighted by molar-refractivity contribution is 6.09. The molecule has 5 heteroatoms. The molecule has 106 valence electrons. The van der Waals surface area contributed by atoms with Gasteiger partial charge in [-0.3, -0.25) is 4.79 Å². The summed E-state index contributed by atoms with van der Waals surface area (Å²) in [5.74, 6) is -0.0945. The van der Waals surface area contributed by atoms with Gasteiger partial charge in [0.25, 0.3) is 0 Å². The highest BCUT2D eigenvalue weighted by Crippen LogP contribution is 2.51. The molecule has 2 aliphatic rings. The highest BCUT2D eigenvalue weighted by Gasteiger charge is 2.54. The number of halogens is 1. The molecule has 0 bridgehead atoms. The van der Waals surface area contributed by atoms with Gasteiger partial charge in [-0.05, 0) is 17.7 Å². The molecule has 1 unspecified atom stereocenters. The summed E-state index contributed by atoms with van der Waals surface area (Å²) < 4.78 is 24.7. The predicted octanol–water partition coefficient (Wildman–Crippen LogP) is 2.46. The van der Waals surface area contributed by atoms with Crippen LogP contribution in [0, 0.1) is 5.82 Å². The zero-order chi connectivity index (χ0) is 14.6. The summed E-state index contributed by atoms with van der Waals surface area (Å²) >= 11 is 0. The largest absolute Gasteiger partial charge is 0.494 e. The monoisotopic (exact) mass is 285 g/mol. The average Bonchev–Trinajstić information content (AvgIpc) is 2.99. The summed E-state index contributed by atoms with van der Waals surface area (Å²) in [6, 6.07) is 10.2. The number of methoxy groups -OCH3 is 1. The molecule has 2 heterocycles. The Morgan fingerprint density at radius 2 is 2.10 bits per heavy atom. The van der Waals surface area contributed by atoms with Gasteiger partial charge in [-0.2, -0.15) is 0 Å². The highest BCUT2D eigenvalue weighted by atomic mass is 19.1. The van der Waals surface area contributed by atoms with Crippen LogP contribution in [0.4, 0.5) is 10.1 Å². The third kappa shape index (κ3) is 1.40. The van der Waals surface area contributed by atoms with Gasteiger partial charge in [0.15, 0.2) is 11.6 Å². The SMILES string of the molecule is COc1cc2c(cc1F)C1(CO2)C(=O)Nc2ccccc21. The van der Waals surface area contributed by atoms with Gasteiger partial charge in [-0.1, -0.05) is 18.2 Å². The van der Waals surface area contributed by atoms with Crippen LogP contribution in [0.15, 0.2) is 36.4 Å². The molecule has 1 spiro atoms. The van der Waals surface area contributed by atoms with Crippen LogP contribution in [0.5, 0.6) is 11.5 Å². The molecule has 0 saturated carbocycles. The van der Waals surface area contributed by atoms with E-state index < -0.39 is 11.2 Å². The number of hydrogen-bond donors (Lipinski definition) is 1. The minimum atomic E-state index is -0.973. The summed E-state index contributed by atoms with van der Waals surface area (Å²) in [5, 5.41) is 2.85. The van der Waals surface area contributed by atoms with Crippen LogP contribution >= 0.6 is 0 Å². The second-order valence-corrected chi connectivity index (χ2v) is 5.18. The average molecular weight is 285 g/mol. The number of carbonyl (C=O) groups is 1. The number of fused-ring (bicyclic) bond motifs is 4. The first-order valence-electron chi connectivity index (χ1n) is 6.58. The fourth-order valence-corrected chi connectivity index (χ4v) is 3.13. The number of rotatable bonds is 1. The van der Waals surface area contributed by atoms with E-state index in [0.29, 0.717) is 11.3 Å². The van der Waals surface area contributed by atoms with E-state index in [2.05, 4.69) is 5.32 Å². The van der Waals surface area contributed by atoms with Crippen LogP contribution in [0.2, 0.25) is 0 Å². The van der Waals surface area contributed by atoms with E-state index in [4.69, 9.17) is 9.47 Å². The molecular formula is C16H12FNO3. The van der Waals surface area contributed by atoms with Gasteiger partial charge in [0.1, 0.15) is 17.8 Å². The van der Waals surface area contributed by atoms with Gasteiger partial charge in [-0.25, -0.2) is 4.39 Å². The maximum Gasteiger partial charge on any atom is 0.243 e. The molecule has 0 saturated heterocycles. The van der Waals surface area contributed by atoms with Crippen molar-refractivity contribution in [2.24, 2.45) is 0 Å². The number of anilines is 1. The second kappa shape index (κ2) is 3.97. The van der Waals surface area contributed by atoms with Gasteiger partial charge in [0.2, 0.25) is 5.91 Å². The van der Waals surface area contributed by atoms with Crippen LogP contribution in [0.1, 0.15) is 11.1 Å². The normalized spacial score (nSPS) is 21.7. The Labute approximate surface area is 120 Å². The Bertz CT molecular complexity index is 774. The number of para-hydroxylation sites is 1. The molecule has 2 aliphatic heterocycles. The Kier molecular flexibility index (Phi) is 2.31. The Morgan fingerprint density at radius 3 is 2.90 bits per heavy atom. The van der Waals surface area contributed by atoms with Crippen molar-refractivity contribution in [1.29, 1.82) is 0 Å². The lowest BCUT2D eigenvalue weighted by Gasteiger charge is -2.20. The molecule has 0 radical (unpaired) electrons. The number of carbonyl (C=O) groups excluding carboxylic acids is 1. The van der Waals surface area contributed by atoms with Crippen molar-refractivity contribution in [3.8, 4) is 11.5 Å². The molecule has 0 aromatic heterocycles. The number of nitrogens with one attached hydrogen (secondary N) is 1. The molecule has 1 amide bonds. The molecule has 4 rings (SSSR count). The van der Waals surface area contributed by atoms with E-state index in [1.807, 2.05) is 24.3 Å². The smallest absolute Gasteiger partial charge is 0.243 e. The van der Waals surface area contributed by atoms with Crippen molar-refractivity contribution in [1.82, 2.24) is 0 Å². The minimum absolute atomic E-state index is 0.109. The maximum atomic E-state index is 14.1. The zero-order valence-electron chi connectivity index (χ0n) is 11.3. The topological polar surface area (TPSA) is 47.6 Å². The standard InChI is InChI=1S/C16H12FNO3/c1-20-14-7-13-10(6-11(14)17)16(8-21-13)9-4-2-3-5-12(9)18-15(16)19/h2-7H,8H2,1H3,(H,18,19). The Morgan fingerprint density at radius 1 is 1.29 bits per heavy atom. The Hall–Kier alpha value is -2.56. The van der Waals surface area contributed by atoms with E-state index in [0.717, 1.165) is 11.3 Å². The minimum Gasteiger partial charge on any atom is -0.494 e. The molecule has 4 nitrogen and oxygen atoms in total. The van der Waals surface area contributed by atoms with E-state index in [9.17, 15) is 9.18 Å². The van der Waals surface area contributed by atoms with Crippen LogP contribution < -0.4 is 14.8 Å². The third-order valence-corrected chi connectivity index (χ3v) is 4.18. The first kappa shape index (κ1) is 12.2. The van der Waals surface area contributed by atoms with Crippen molar-refractivity contribution in [3.05, 3.63) is 53.3 Å². The van der Waals surface area contributed by atoms with Gasteiger partial charge in [-0.15, -0.1) is 0 Å². The summed E-state index contributed by atoms with van der Waals surface area (Å²) in [7, 11) is 1.40. The summed E-state index contributed by atoms with van der Waals surface area (Å²) in [5.41, 5.74) is 1.13. The first-order valence-corrected chi connectivity index (χ1v) is 6.58. The van der Waals surface area contributed by atoms with Crippen LogP contribution in [-0.2, 0) is 10.2 Å². The summed E-state index contributed by atoms with van der Waals surface area (Å²) in [6.07, 6.45) is 0. The Balaban J connectivity index is 1.98. The van der Waals surface area contributed by atoms with Gasteiger partial charge in [0, 0.05) is 17.3 Å². The number of amides is 1. The van der Waals surface area contributed by atoms with E-state index in [-0.39, 0.29) is 18.3 Å². The summed E-state index contributed by atoms with van der Waals surface area (Å²) in [6.45, 7) is 0.164. The van der Waals surface area contributed by atoms with E-state index in [1.165, 1.54) is 19.2 Å². The lowest BCUT2D eigenvalue weighted by atomic mass is 9.77. The quantitative estimate of drug-likeness (QED) is 0.875. The van der Waals surface area contributed by atoms with Crippen molar-refractivity contribution < 1.29 is 18.7 Å². The number of hydrogen-bond acceptors (Lipinski definition) is 3. The maximum absolute atomic E-state index is 14.1. The summed E-state index contributed by atoms with van der Waals surface area (Å²) in [4.78, 5) is 12.5. The van der Waals surface area contributed by atoms with Gasteiger partial charge in [0.05, 0.1) is 7.11 Å². The van der Waals surface area contributed by atoms with Crippen LogP contribution in [0.25, 0.3) is 0 Å². The lowest BCUT2D eigenvalue weighted by molar-refractivity contribution is -0.119. The van der Waals surface area contributed by atoms with Gasteiger partial charge >= 0.3 is 0 Å². The van der Waals surface area contributed by atoms with Crippen molar-refractivity contribution in [3.63, 3.8) is 0 Å². The molecule has 21 heavy (non-hydrogen) atoms. The molecule has 2 aromatic rings. The zero-order valence-corrected chi connectivity index (χ0v) is 11.3. The van der Waals surface area contributed by atoms with Gasteiger partial charge < -0.3 is 14.8 Å². The van der Waals surface area contributed by atoms with Crippen molar-refractivity contribution in [2.45, 2.75) is 5.41 Å². The second-order valence-electron chi connectivity index (χ2n) is 5.18. The molecule has 2 aromatic carbocycles. The lowest BCUT2D eigenvalue weighted by Crippen LogP contribution is -2.37. The number of ether oxygens (including phenoxy) is 2.